The second-order valence-corrected chi connectivity index (χ2v) is 12.5. The second-order valence-electron chi connectivity index (χ2n) is 10.5. The molecule has 212 valence electrons. The van der Waals surface area contributed by atoms with Gasteiger partial charge in [0.2, 0.25) is 5.91 Å². The van der Waals surface area contributed by atoms with Gasteiger partial charge in [0.15, 0.2) is 15.6 Å². The smallest absolute Gasteiger partial charge is 0.269 e. The van der Waals surface area contributed by atoms with Crippen molar-refractivity contribution in [2.24, 2.45) is 5.92 Å². The lowest BCUT2D eigenvalue weighted by atomic mass is 10.0. The van der Waals surface area contributed by atoms with Gasteiger partial charge in [0.1, 0.15) is 12.1 Å². The Hall–Kier alpha value is -4.13. The molecule has 3 amide bonds. The minimum Gasteiger partial charge on any atom is -0.340 e. The van der Waals surface area contributed by atoms with Crippen molar-refractivity contribution in [1.82, 2.24) is 15.1 Å². The van der Waals surface area contributed by atoms with E-state index in [-0.39, 0.29) is 46.5 Å². The summed E-state index contributed by atoms with van der Waals surface area (Å²) in [7, 11) is -3.54. The summed E-state index contributed by atoms with van der Waals surface area (Å²) in [4.78, 5) is 66.1. The minimum atomic E-state index is -3.54. The lowest BCUT2D eigenvalue weighted by molar-refractivity contribution is -0.384. The normalized spacial score (nSPS) is 19.4. The van der Waals surface area contributed by atoms with Gasteiger partial charge in [-0.15, -0.1) is 0 Å². The van der Waals surface area contributed by atoms with E-state index in [4.69, 9.17) is 0 Å². The van der Waals surface area contributed by atoms with Crippen LogP contribution < -0.4 is 5.32 Å². The van der Waals surface area contributed by atoms with Gasteiger partial charge in [-0.2, -0.15) is 0 Å². The quantitative estimate of drug-likeness (QED) is 0.371. The molecular formula is C27H30N4O8S. The first kappa shape index (κ1) is 28.9. The number of hydrogen-bond donors (Lipinski definition) is 1. The maximum absolute atomic E-state index is 13.7. The number of fused-ring (bicyclic) bond motifs is 1. The number of ketones is 1. The fourth-order valence-corrected chi connectivity index (χ4v) is 5.90. The summed E-state index contributed by atoms with van der Waals surface area (Å²) in [6.45, 7) is 3.76. The Labute approximate surface area is 231 Å². The number of nitro benzene ring substituents is 1. The summed E-state index contributed by atoms with van der Waals surface area (Å²) in [5, 5.41) is 13.6. The molecule has 0 aromatic heterocycles. The third-order valence-corrected chi connectivity index (χ3v) is 8.24. The Morgan fingerprint density at radius 3 is 2.35 bits per heavy atom. The molecule has 13 heteroatoms. The van der Waals surface area contributed by atoms with Gasteiger partial charge >= 0.3 is 0 Å². The number of carbonyl (C=O) groups excluding carboxylic acids is 4. The number of nitrogens with zero attached hydrogens (tertiary/aromatic N) is 3. The van der Waals surface area contributed by atoms with Crippen LogP contribution in [0.15, 0.2) is 53.4 Å². The van der Waals surface area contributed by atoms with Crippen molar-refractivity contribution in [1.29, 1.82) is 0 Å². The fourth-order valence-electron chi connectivity index (χ4n) is 5.23. The zero-order chi connectivity index (χ0) is 29.4. The summed E-state index contributed by atoms with van der Waals surface area (Å²) in [6, 6.07) is 8.23. The Morgan fingerprint density at radius 1 is 1.07 bits per heavy atom. The van der Waals surface area contributed by atoms with E-state index >= 15 is 0 Å². The SMILES string of the molecule is CC(C)C[C@H](NC(=O)c1ccc([N+](=O)[O-])cc1)C(=O)N1CCC2[C@H]1C(=O)CN2C(=O)c1cccc(S(C)(=O)=O)c1. The molecule has 2 aliphatic heterocycles. The van der Waals surface area contributed by atoms with Crippen molar-refractivity contribution in [2.75, 3.05) is 19.3 Å². The Morgan fingerprint density at radius 2 is 1.75 bits per heavy atom. The molecule has 2 aromatic carbocycles. The summed E-state index contributed by atoms with van der Waals surface area (Å²) < 4.78 is 23.9. The number of nitro groups is 1. The van der Waals surface area contributed by atoms with Gasteiger partial charge in [-0.1, -0.05) is 19.9 Å². The molecule has 40 heavy (non-hydrogen) atoms. The second kappa shape index (κ2) is 11.2. The number of nitrogens with one attached hydrogen (secondary N) is 1. The molecule has 2 fully saturated rings. The highest BCUT2D eigenvalue weighted by Gasteiger charge is 2.52. The molecule has 0 bridgehead atoms. The van der Waals surface area contributed by atoms with Crippen LogP contribution in [0.3, 0.4) is 0 Å². The van der Waals surface area contributed by atoms with Gasteiger partial charge in [0.25, 0.3) is 17.5 Å². The zero-order valence-electron chi connectivity index (χ0n) is 22.3. The van der Waals surface area contributed by atoms with Gasteiger partial charge in [-0.05, 0) is 49.1 Å². The fraction of sp³-hybridized carbons (Fsp3) is 0.407. The van der Waals surface area contributed by atoms with Crippen molar-refractivity contribution < 1.29 is 32.5 Å². The van der Waals surface area contributed by atoms with Crippen molar-refractivity contribution in [3.05, 3.63) is 69.8 Å². The summed E-state index contributed by atoms with van der Waals surface area (Å²) in [5.74, 6) is -1.81. The van der Waals surface area contributed by atoms with E-state index in [9.17, 15) is 37.7 Å². The van der Waals surface area contributed by atoms with Gasteiger partial charge in [-0.3, -0.25) is 29.3 Å². The first-order valence-electron chi connectivity index (χ1n) is 12.8. The summed E-state index contributed by atoms with van der Waals surface area (Å²) >= 11 is 0. The first-order chi connectivity index (χ1) is 18.8. The van der Waals surface area contributed by atoms with Crippen LogP contribution in [0.25, 0.3) is 0 Å². The highest BCUT2D eigenvalue weighted by molar-refractivity contribution is 7.90. The average molecular weight is 571 g/mol. The van der Waals surface area contributed by atoms with Crippen LogP contribution in [0.4, 0.5) is 5.69 Å². The van der Waals surface area contributed by atoms with E-state index in [2.05, 4.69) is 5.32 Å². The number of sulfone groups is 1. The lowest BCUT2D eigenvalue weighted by Gasteiger charge is -2.29. The van der Waals surface area contributed by atoms with Crippen LogP contribution >= 0.6 is 0 Å². The molecule has 0 saturated carbocycles. The van der Waals surface area contributed by atoms with Crippen LogP contribution in [0.1, 0.15) is 47.4 Å². The maximum atomic E-state index is 13.7. The van der Waals surface area contributed by atoms with Crippen LogP contribution in [0.5, 0.6) is 0 Å². The molecule has 2 aliphatic rings. The largest absolute Gasteiger partial charge is 0.340 e. The summed E-state index contributed by atoms with van der Waals surface area (Å²) in [6.07, 6.45) is 1.69. The molecule has 0 aliphatic carbocycles. The molecule has 0 spiro atoms. The van der Waals surface area contributed by atoms with Crippen LogP contribution in [0.2, 0.25) is 0 Å². The predicted molar refractivity (Wildman–Crippen MR) is 143 cm³/mol. The van der Waals surface area contributed by atoms with E-state index in [0.29, 0.717) is 12.8 Å². The molecule has 2 heterocycles. The lowest BCUT2D eigenvalue weighted by Crippen LogP contribution is -2.53. The van der Waals surface area contributed by atoms with Crippen molar-refractivity contribution in [3.63, 3.8) is 0 Å². The molecule has 3 atom stereocenters. The van der Waals surface area contributed by atoms with Crippen LogP contribution in [-0.4, -0.2) is 84.1 Å². The molecule has 1 N–H and O–H groups in total. The molecule has 12 nitrogen and oxygen atoms in total. The van der Waals surface area contributed by atoms with Crippen LogP contribution in [-0.2, 0) is 19.4 Å². The van der Waals surface area contributed by atoms with Gasteiger partial charge in [-0.25, -0.2) is 8.42 Å². The monoisotopic (exact) mass is 570 g/mol. The number of non-ortho nitro benzene ring substituents is 1. The predicted octanol–water partition coefficient (Wildman–Crippen LogP) is 1.84. The third kappa shape index (κ3) is 5.88. The maximum Gasteiger partial charge on any atom is 0.269 e. The number of rotatable bonds is 8. The van der Waals surface area contributed by atoms with Gasteiger partial charge < -0.3 is 15.1 Å². The third-order valence-electron chi connectivity index (χ3n) is 7.13. The summed E-state index contributed by atoms with van der Waals surface area (Å²) in [5.41, 5.74) is 0.113. The van der Waals surface area contributed by atoms with E-state index in [1.165, 1.54) is 58.3 Å². The number of benzene rings is 2. The van der Waals surface area contributed by atoms with Gasteiger partial charge in [0.05, 0.1) is 22.4 Å². The molecule has 2 saturated heterocycles. The number of amides is 3. The first-order valence-corrected chi connectivity index (χ1v) is 14.7. The van der Waals surface area contributed by atoms with Crippen LogP contribution in [0, 0.1) is 16.0 Å². The van der Waals surface area contributed by atoms with Crippen molar-refractivity contribution >= 4 is 39.0 Å². The molecule has 4 rings (SSSR count). The Kier molecular flexibility index (Phi) is 8.05. The minimum absolute atomic E-state index is 0.0102. The highest BCUT2D eigenvalue weighted by atomic mass is 32.2. The van der Waals surface area contributed by atoms with E-state index < -0.39 is 50.6 Å². The topological polar surface area (TPSA) is 164 Å². The number of likely N-dealkylation sites (tertiary alicyclic amines) is 2. The zero-order valence-corrected chi connectivity index (χ0v) is 23.1. The van der Waals surface area contributed by atoms with E-state index in [1.54, 1.807) is 0 Å². The van der Waals surface area contributed by atoms with E-state index in [0.717, 1.165) is 6.26 Å². The highest BCUT2D eigenvalue weighted by Crippen LogP contribution is 2.32. The molecule has 0 radical (unpaired) electrons. The number of carbonyl (C=O) groups is 4. The van der Waals surface area contributed by atoms with E-state index in [1.807, 2.05) is 13.8 Å². The number of Topliss-reactive ketones (excluding diaryl/α,β-unsaturated/α-hetero) is 1. The molecule has 2 aromatic rings. The Bertz CT molecular complexity index is 1470. The Balaban J connectivity index is 1.52. The molecule has 1 unspecified atom stereocenters. The van der Waals surface area contributed by atoms with Crippen molar-refractivity contribution in [3.8, 4) is 0 Å². The van der Waals surface area contributed by atoms with Gasteiger partial charge in [0, 0.05) is 36.1 Å². The van der Waals surface area contributed by atoms with Crippen molar-refractivity contribution in [2.45, 2.75) is 49.7 Å². The molecular weight excluding hydrogens is 540 g/mol. The average Bonchev–Trinajstić information content (AvgIpc) is 3.48. The standard InChI is InChI=1S/C27H30N4O8S/c1-16(2)13-21(28-25(33)17-7-9-19(10-8-17)31(36)37)27(35)29-12-11-22-24(29)23(32)15-30(22)26(34)18-5-4-6-20(14-18)40(3,38)39/h4-10,14,16,21-22,24H,11-13,15H2,1-3H3,(H,28,33)/t21-,22?,24-/m0/s1. The number of hydrogen-bond acceptors (Lipinski definition) is 8.